The SMILES string of the molecule is CC(Cc1cccs1)N=C=O. The molecule has 0 amide bonds. The summed E-state index contributed by atoms with van der Waals surface area (Å²) >= 11 is 1.69. The maximum absolute atomic E-state index is 9.86. The predicted molar refractivity (Wildman–Crippen MR) is 45.6 cm³/mol. The Morgan fingerprint density at radius 3 is 3.18 bits per heavy atom. The van der Waals surface area contributed by atoms with Crippen molar-refractivity contribution in [3.63, 3.8) is 0 Å². The molecule has 2 nitrogen and oxygen atoms in total. The minimum absolute atomic E-state index is 0.0612. The molecule has 1 rings (SSSR count). The second kappa shape index (κ2) is 4.06. The Bertz CT molecular complexity index is 249. The molecule has 0 bridgehead atoms. The number of isocyanates is 1. The highest BCUT2D eigenvalue weighted by Crippen LogP contribution is 2.11. The van der Waals surface area contributed by atoms with Crippen molar-refractivity contribution in [2.24, 2.45) is 4.99 Å². The molecule has 0 fully saturated rings. The van der Waals surface area contributed by atoms with Gasteiger partial charge in [0.2, 0.25) is 6.08 Å². The zero-order chi connectivity index (χ0) is 8.10. The third-order valence-corrected chi connectivity index (χ3v) is 2.25. The van der Waals surface area contributed by atoms with Crippen molar-refractivity contribution in [3.8, 4) is 0 Å². The zero-order valence-electron chi connectivity index (χ0n) is 6.28. The van der Waals surface area contributed by atoms with Crippen LogP contribution in [0.25, 0.3) is 0 Å². The molecule has 3 heteroatoms. The van der Waals surface area contributed by atoms with Crippen molar-refractivity contribution in [2.45, 2.75) is 19.4 Å². The number of aliphatic imine (C=N–C) groups is 1. The second-order valence-corrected chi connectivity index (χ2v) is 3.39. The third-order valence-electron chi connectivity index (χ3n) is 1.35. The van der Waals surface area contributed by atoms with E-state index in [-0.39, 0.29) is 6.04 Å². The van der Waals surface area contributed by atoms with Crippen molar-refractivity contribution in [2.75, 3.05) is 0 Å². The van der Waals surface area contributed by atoms with Crippen LogP contribution in [0.15, 0.2) is 22.5 Å². The summed E-state index contributed by atoms with van der Waals surface area (Å²) in [7, 11) is 0. The van der Waals surface area contributed by atoms with E-state index in [1.807, 2.05) is 24.4 Å². The maximum atomic E-state index is 9.86. The van der Waals surface area contributed by atoms with Crippen LogP contribution in [0.2, 0.25) is 0 Å². The molecule has 0 spiro atoms. The Morgan fingerprint density at radius 2 is 2.64 bits per heavy atom. The summed E-state index contributed by atoms with van der Waals surface area (Å²) in [5.74, 6) is 0. The van der Waals surface area contributed by atoms with Gasteiger partial charge in [0.05, 0.1) is 6.04 Å². The van der Waals surface area contributed by atoms with Crippen LogP contribution in [0.3, 0.4) is 0 Å². The first-order valence-electron chi connectivity index (χ1n) is 3.42. The number of nitrogens with zero attached hydrogens (tertiary/aromatic N) is 1. The molecule has 11 heavy (non-hydrogen) atoms. The van der Waals surface area contributed by atoms with Crippen molar-refractivity contribution < 1.29 is 4.79 Å². The molecule has 0 aromatic carbocycles. The molecule has 0 aliphatic carbocycles. The van der Waals surface area contributed by atoms with Gasteiger partial charge >= 0.3 is 0 Å². The molecule has 1 aromatic heterocycles. The van der Waals surface area contributed by atoms with Gasteiger partial charge < -0.3 is 0 Å². The van der Waals surface area contributed by atoms with E-state index >= 15 is 0 Å². The van der Waals surface area contributed by atoms with Crippen LogP contribution in [0.1, 0.15) is 11.8 Å². The molecule has 0 N–H and O–H groups in total. The van der Waals surface area contributed by atoms with E-state index in [4.69, 9.17) is 0 Å². The number of thiophene rings is 1. The lowest BCUT2D eigenvalue weighted by Gasteiger charge is -1.98. The van der Waals surface area contributed by atoms with E-state index in [1.165, 1.54) is 4.88 Å². The van der Waals surface area contributed by atoms with E-state index in [9.17, 15) is 4.79 Å². The van der Waals surface area contributed by atoms with Gasteiger partial charge in [-0.25, -0.2) is 9.79 Å². The van der Waals surface area contributed by atoms with Crippen LogP contribution in [0.5, 0.6) is 0 Å². The molecular formula is C8H9NOS. The smallest absolute Gasteiger partial charge is 0.211 e. The fourth-order valence-corrected chi connectivity index (χ4v) is 1.68. The fourth-order valence-electron chi connectivity index (χ4n) is 0.855. The molecule has 1 heterocycles. The van der Waals surface area contributed by atoms with Crippen LogP contribution < -0.4 is 0 Å². The highest BCUT2D eigenvalue weighted by Gasteiger charge is 2.00. The molecule has 0 saturated carbocycles. The quantitative estimate of drug-likeness (QED) is 0.500. The van der Waals surface area contributed by atoms with Crippen LogP contribution in [-0.2, 0) is 11.2 Å². The van der Waals surface area contributed by atoms with Crippen LogP contribution >= 0.6 is 11.3 Å². The standard InChI is InChI=1S/C8H9NOS/c1-7(9-6-10)5-8-3-2-4-11-8/h2-4,7H,5H2,1H3. The Morgan fingerprint density at radius 1 is 1.82 bits per heavy atom. The summed E-state index contributed by atoms with van der Waals surface area (Å²) in [5, 5.41) is 2.02. The number of hydrogen-bond donors (Lipinski definition) is 0. The van der Waals surface area contributed by atoms with Gasteiger partial charge in [-0.2, -0.15) is 0 Å². The highest BCUT2D eigenvalue weighted by atomic mass is 32.1. The lowest BCUT2D eigenvalue weighted by Crippen LogP contribution is -2.00. The first-order valence-corrected chi connectivity index (χ1v) is 4.30. The van der Waals surface area contributed by atoms with Gasteiger partial charge in [-0.1, -0.05) is 6.07 Å². The van der Waals surface area contributed by atoms with Gasteiger partial charge in [-0.05, 0) is 18.4 Å². The minimum Gasteiger partial charge on any atom is -0.211 e. The molecule has 58 valence electrons. The van der Waals surface area contributed by atoms with E-state index in [1.54, 1.807) is 17.4 Å². The van der Waals surface area contributed by atoms with Gasteiger partial charge in [0.25, 0.3) is 0 Å². The molecule has 1 atom stereocenters. The predicted octanol–water partition coefficient (Wildman–Crippen LogP) is 2.01. The Labute approximate surface area is 69.6 Å². The molecular weight excluding hydrogens is 158 g/mol. The average Bonchev–Trinajstić information content (AvgIpc) is 2.40. The third kappa shape index (κ3) is 2.66. The van der Waals surface area contributed by atoms with Crippen LogP contribution in [0, 0.1) is 0 Å². The number of carbonyl (C=O) groups excluding carboxylic acids is 1. The first-order chi connectivity index (χ1) is 5.33. The fraction of sp³-hybridized carbons (Fsp3) is 0.375. The van der Waals surface area contributed by atoms with Gasteiger partial charge in [0.1, 0.15) is 0 Å². The molecule has 1 unspecified atom stereocenters. The van der Waals surface area contributed by atoms with Crippen LogP contribution in [0.4, 0.5) is 0 Å². The van der Waals surface area contributed by atoms with Crippen molar-refractivity contribution in [1.82, 2.24) is 0 Å². The second-order valence-electron chi connectivity index (χ2n) is 2.35. The Hall–Kier alpha value is -0.920. The lowest BCUT2D eigenvalue weighted by atomic mass is 10.2. The van der Waals surface area contributed by atoms with E-state index < -0.39 is 0 Å². The van der Waals surface area contributed by atoms with Gasteiger partial charge in [0.15, 0.2) is 0 Å². The normalized spacial score (nSPS) is 12.1. The molecule has 0 aliphatic rings. The molecule has 0 saturated heterocycles. The van der Waals surface area contributed by atoms with Crippen molar-refractivity contribution >= 4 is 17.4 Å². The minimum atomic E-state index is 0.0612. The van der Waals surface area contributed by atoms with Gasteiger partial charge in [-0.3, -0.25) is 0 Å². The summed E-state index contributed by atoms with van der Waals surface area (Å²) in [6.45, 7) is 1.91. The lowest BCUT2D eigenvalue weighted by molar-refractivity contribution is 0.558. The average molecular weight is 167 g/mol. The van der Waals surface area contributed by atoms with E-state index in [0.717, 1.165) is 6.42 Å². The maximum Gasteiger partial charge on any atom is 0.235 e. The molecule has 0 radical (unpaired) electrons. The van der Waals surface area contributed by atoms with Gasteiger partial charge in [0, 0.05) is 11.3 Å². The topological polar surface area (TPSA) is 29.4 Å². The summed E-state index contributed by atoms with van der Waals surface area (Å²) in [6, 6.07) is 4.10. The zero-order valence-corrected chi connectivity index (χ0v) is 7.10. The summed E-state index contributed by atoms with van der Waals surface area (Å²) < 4.78 is 0. The highest BCUT2D eigenvalue weighted by molar-refractivity contribution is 7.09. The van der Waals surface area contributed by atoms with E-state index in [2.05, 4.69) is 4.99 Å². The summed E-state index contributed by atoms with van der Waals surface area (Å²) in [5.41, 5.74) is 0. The summed E-state index contributed by atoms with van der Waals surface area (Å²) in [6.07, 6.45) is 2.40. The monoisotopic (exact) mass is 167 g/mol. The number of hydrogen-bond acceptors (Lipinski definition) is 3. The van der Waals surface area contributed by atoms with Crippen molar-refractivity contribution in [1.29, 1.82) is 0 Å². The van der Waals surface area contributed by atoms with Crippen molar-refractivity contribution in [3.05, 3.63) is 22.4 Å². The van der Waals surface area contributed by atoms with Gasteiger partial charge in [-0.15, -0.1) is 11.3 Å². The molecule has 1 aromatic rings. The largest absolute Gasteiger partial charge is 0.235 e. The first kappa shape index (κ1) is 8.18. The van der Waals surface area contributed by atoms with E-state index in [0.29, 0.717) is 0 Å². The Kier molecular flexibility index (Phi) is 3.02. The summed E-state index contributed by atoms with van der Waals surface area (Å²) in [4.78, 5) is 14.7. The van der Waals surface area contributed by atoms with Crippen LogP contribution in [-0.4, -0.2) is 12.1 Å². The number of rotatable bonds is 3. The molecule has 0 aliphatic heterocycles. The Balaban J connectivity index is 2.49.